The maximum absolute atomic E-state index is 12.2. The fourth-order valence-electron chi connectivity index (χ4n) is 2.62. The summed E-state index contributed by atoms with van der Waals surface area (Å²) in [6, 6.07) is 0.438. The van der Waals surface area contributed by atoms with E-state index in [0.717, 1.165) is 32.1 Å². The van der Waals surface area contributed by atoms with Gasteiger partial charge in [-0.2, -0.15) is 0 Å². The van der Waals surface area contributed by atoms with E-state index in [-0.39, 0.29) is 23.9 Å². The molecule has 2 rings (SSSR count). The van der Waals surface area contributed by atoms with Crippen molar-refractivity contribution < 1.29 is 4.79 Å². The van der Waals surface area contributed by atoms with Gasteiger partial charge in [0.1, 0.15) is 0 Å². The highest BCUT2D eigenvalue weighted by Gasteiger charge is 2.26. The molecule has 4 nitrogen and oxygen atoms in total. The number of carbonyl (C=O) groups is 1. The van der Waals surface area contributed by atoms with Crippen molar-refractivity contribution >= 4 is 5.91 Å². The first kappa shape index (κ1) is 13.9. The molecular formula is C15H23N3O. The molecule has 1 unspecified atom stereocenters. The lowest BCUT2D eigenvalue weighted by atomic mass is 9.86. The molecule has 3 N–H and O–H groups in total. The van der Waals surface area contributed by atoms with Crippen molar-refractivity contribution in [3.8, 4) is 0 Å². The maximum Gasteiger partial charge on any atom is 0.241 e. The van der Waals surface area contributed by atoms with Gasteiger partial charge in [-0.25, -0.2) is 0 Å². The third-order valence-corrected chi connectivity index (χ3v) is 3.84. The minimum absolute atomic E-state index is 0.100. The Labute approximate surface area is 115 Å². The quantitative estimate of drug-likeness (QED) is 0.760. The normalized spacial score (nSPS) is 30.2. The van der Waals surface area contributed by atoms with Crippen LogP contribution in [0.5, 0.6) is 0 Å². The van der Waals surface area contributed by atoms with Gasteiger partial charge in [-0.15, -0.1) is 6.58 Å². The number of rotatable bonds is 4. The summed E-state index contributed by atoms with van der Waals surface area (Å²) in [6.45, 7) is 3.76. The summed E-state index contributed by atoms with van der Waals surface area (Å²) in [6.07, 6.45) is 14.3. The van der Waals surface area contributed by atoms with Crippen molar-refractivity contribution in [2.45, 2.75) is 44.2 Å². The first-order valence-electron chi connectivity index (χ1n) is 7.01. The second-order valence-electron chi connectivity index (χ2n) is 5.31. The van der Waals surface area contributed by atoms with Gasteiger partial charge in [-0.3, -0.25) is 15.2 Å². The molecule has 0 bridgehead atoms. The molecule has 1 saturated carbocycles. The molecule has 0 aromatic carbocycles. The monoisotopic (exact) mass is 261 g/mol. The number of hydrogen-bond acceptors (Lipinski definition) is 3. The summed E-state index contributed by atoms with van der Waals surface area (Å²) in [5, 5.41) is 1.87. The molecular weight excluding hydrogens is 238 g/mol. The molecule has 0 aromatic heterocycles. The van der Waals surface area contributed by atoms with E-state index in [1.165, 1.54) is 0 Å². The molecule has 1 amide bonds. The summed E-state index contributed by atoms with van der Waals surface area (Å²) in [5.41, 5.74) is 8.88. The van der Waals surface area contributed by atoms with Gasteiger partial charge in [0.2, 0.25) is 5.91 Å². The van der Waals surface area contributed by atoms with Crippen LogP contribution in [0, 0.1) is 5.92 Å². The lowest BCUT2D eigenvalue weighted by Gasteiger charge is -2.33. The van der Waals surface area contributed by atoms with E-state index in [9.17, 15) is 4.79 Å². The highest BCUT2D eigenvalue weighted by Crippen LogP contribution is 2.23. The Morgan fingerprint density at radius 2 is 2.11 bits per heavy atom. The number of nitrogens with zero attached hydrogens (tertiary/aromatic N) is 1. The van der Waals surface area contributed by atoms with Gasteiger partial charge in [0.05, 0.1) is 6.04 Å². The van der Waals surface area contributed by atoms with E-state index in [2.05, 4.69) is 18.1 Å². The molecule has 0 radical (unpaired) electrons. The number of amides is 1. The highest BCUT2D eigenvalue weighted by atomic mass is 16.2. The summed E-state index contributed by atoms with van der Waals surface area (Å²) in [4.78, 5) is 12.2. The van der Waals surface area contributed by atoms with Gasteiger partial charge in [-0.1, -0.05) is 18.2 Å². The Morgan fingerprint density at radius 3 is 2.79 bits per heavy atom. The third kappa shape index (κ3) is 3.70. The summed E-state index contributed by atoms with van der Waals surface area (Å²) in [7, 11) is 0. The zero-order valence-electron chi connectivity index (χ0n) is 11.3. The highest BCUT2D eigenvalue weighted by molar-refractivity contribution is 5.78. The van der Waals surface area contributed by atoms with Crippen LogP contribution in [0.1, 0.15) is 32.1 Å². The van der Waals surface area contributed by atoms with Crippen molar-refractivity contribution in [2.24, 2.45) is 11.7 Å². The number of nitrogens with one attached hydrogen (secondary N) is 1. The molecule has 2 aliphatic rings. The van der Waals surface area contributed by atoms with Crippen LogP contribution < -0.4 is 11.2 Å². The summed E-state index contributed by atoms with van der Waals surface area (Å²) >= 11 is 0. The van der Waals surface area contributed by atoms with Crippen molar-refractivity contribution in [2.75, 3.05) is 0 Å². The van der Waals surface area contributed by atoms with Crippen molar-refractivity contribution in [1.82, 2.24) is 10.4 Å². The topological polar surface area (TPSA) is 58.4 Å². The van der Waals surface area contributed by atoms with Gasteiger partial charge >= 0.3 is 0 Å². The minimum atomic E-state index is 0.100. The number of carbonyl (C=O) groups excluding carboxylic acids is 1. The number of hydrazine groups is 1. The average Bonchev–Trinajstić information content (AvgIpc) is 2.42. The van der Waals surface area contributed by atoms with Crippen LogP contribution in [0.3, 0.4) is 0 Å². The van der Waals surface area contributed by atoms with Gasteiger partial charge in [-0.05, 0) is 38.2 Å². The van der Waals surface area contributed by atoms with Gasteiger partial charge in [0, 0.05) is 18.2 Å². The molecule has 1 aliphatic carbocycles. The standard InChI is InChI=1S/C15H23N3O/c1-2-5-14-6-3-4-11-18(14)17-15(19)12-7-9-13(16)10-8-12/h2-4,6,11-14H,1,5,7-10,16H2,(H,17,19)/t12-,13-,14?. The Morgan fingerprint density at radius 1 is 1.37 bits per heavy atom. The first-order chi connectivity index (χ1) is 9.20. The number of hydrogen-bond donors (Lipinski definition) is 2. The van der Waals surface area contributed by atoms with E-state index < -0.39 is 0 Å². The van der Waals surface area contributed by atoms with E-state index in [0.29, 0.717) is 0 Å². The Hall–Kier alpha value is -1.55. The number of allylic oxidation sites excluding steroid dienone is 2. The lowest BCUT2D eigenvalue weighted by molar-refractivity contribution is -0.130. The third-order valence-electron chi connectivity index (χ3n) is 3.84. The minimum Gasteiger partial charge on any atom is -0.328 e. The van der Waals surface area contributed by atoms with Crippen LogP contribution in [0.25, 0.3) is 0 Å². The molecule has 4 heteroatoms. The summed E-state index contributed by atoms with van der Waals surface area (Å²) < 4.78 is 0. The number of nitrogens with two attached hydrogens (primary N) is 1. The Bertz CT molecular complexity index is 381. The Balaban J connectivity index is 1.88. The molecule has 1 heterocycles. The Kier molecular flexibility index (Phi) is 4.80. The second kappa shape index (κ2) is 6.57. The van der Waals surface area contributed by atoms with Crippen LogP contribution in [-0.4, -0.2) is 23.0 Å². The largest absolute Gasteiger partial charge is 0.328 e. The maximum atomic E-state index is 12.2. The molecule has 104 valence electrons. The van der Waals surface area contributed by atoms with Crippen LogP contribution >= 0.6 is 0 Å². The van der Waals surface area contributed by atoms with Gasteiger partial charge in [0.25, 0.3) is 0 Å². The summed E-state index contributed by atoms with van der Waals surface area (Å²) in [5.74, 6) is 0.212. The van der Waals surface area contributed by atoms with Crippen molar-refractivity contribution in [3.05, 3.63) is 37.1 Å². The van der Waals surface area contributed by atoms with E-state index in [1.807, 2.05) is 29.4 Å². The fourth-order valence-corrected chi connectivity index (χ4v) is 2.62. The smallest absolute Gasteiger partial charge is 0.241 e. The van der Waals surface area contributed by atoms with Crippen LogP contribution in [-0.2, 0) is 4.79 Å². The molecule has 19 heavy (non-hydrogen) atoms. The molecule has 0 saturated heterocycles. The van der Waals surface area contributed by atoms with E-state index in [1.54, 1.807) is 0 Å². The predicted octanol–water partition coefficient (Wildman–Crippen LogP) is 1.87. The zero-order valence-corrected chi connectivity index (χ0v) is 11.3. The van der Waals surface area contributed by atoms with Gasteiger partial charge < -0.3 is 5.73 Å². The molecule has 0 spiro atoms. The molecule has 1 aliphatic heterocycles. The average molecular weight is 261 g/mol. The first-order valence-corrected chi connectivity index (χ1v) is 7.01. The SMILES string of the molecule is C=CCC1C=CC=CN1NC(=O)[C@H]1CC[C@H](N)CC1. The van der Waals surface area contributed by atoms with E-state index in [4.69, 9.17) is 5.73 Å². The second-order valence-corrected chi connectivity index (χ2v) is 5.31. The van der Waals surface area contributed by atoms with Crippen molar-refractivity contribution in [3.63, 3.8) is 0 Å². The molecule has 1 fully saturated rings. The molecule has 0 aromatic rings. The predicted molar refractivity (Wildman–Crippen MR) is 76.8 cm³/mol. The van der Waals surface area contributed by atoms with Crippen LogP contribution in [0.4, 0.5) is 0 Å². The van der Waals surface area contributed by atoms with Crippen LogP contribution in [0.2, 0.25) is 0 Å². The van der Waals surface area contributed by atoms with Crippen molar-refractivity contribution in [1.29, 1.82) is 0 Å². The molecule has 1 atom stereocenters. The fraction of sp³-hybridized carbons (Fsp3) is 0.533. The zero-order chi connectivity index (χ0) is 13.7. The van der Waals surface area contributed by atoms with Crippen LogP contribution in [0.15, 0.2) is 37.1 Å². The lowest BCUT2D eigenvalue weighted by Crippen LogP contribution is -2.48. The van der Waals surface area contributed by atoms with Gasteiger partial charge in [0.15, 0.2) is 0 Å². The van der Waals surface area contributed by atoms with E-state index >= 15 is 0 Å².